The van der Waals surface area contributed by atoms with Gasteiger partial charge >= 0.3 is 6.09 Å². The van der Waals surface area contributed by atoms with E-state index in [1.807, 2.05) is 24.3 Å². The molecule has 0 atom stereocenters. The summed E-state index contributed by atoms with van der Waals surface area (Å²) in [6.45, 7) is 6.23. The van der Waals surface area contributed by atoms with Crippen molar-refractivity contribution in [2.75, 3.05) is 25.6 Å². The molecule has 0 fully saturated rings. The lowest BCUT2D eigenvalue weighted by atomic mass is 10.1. The minimum atomic E-state index is -0.631. The van der Waals surface area contributed by atoms with Crippen molar-refractivity contribution in [2.45, 2.75) is 26.4 Å². The van der Waals surface area contributed by atoms with Gasteiger partial charge in [0.2, 0.25) is 5.91 Å². The molecule has 1 aromatic heterocycles. The van der Waals surface area contributed by atoms with Crippen LogP contribution in [0.5, 0.6) is 0 Å². The summed E-state index contributed by atoms with van der Waals surface area (Å²) in [7, 11) is 1.56. The number of nitrogens with one attached hydrogen (secondary N) is 2. The molecule has 2 N–H and O–H groups in total. The third-order valence-electron chi connectivity index (χ3n) is 4.73. The zero-order valence-electron chi connectivity index (χ0n) is 19.8. The SMILES string of the molecule is COCCNC(=O)c1cccc(NC(=O)/C=C/c2cn(C(=O)OC(C)(C)C)c3ccccc23)c1. The summed E-state index contributed by atoms with van der Waals surface area (Å²) in [5, 5.41) is 6.31. The molecule has 8 nitrogen and oxygen atoms in total. The van der Waals surface area contributed by atoms with E-state index in [9.17, 15) is 14.4 Å². The molecule has 1 heterocycles. The Morgan fingerprint density at radius 1 is 1.06 bits per heavy atom. The maximum atomic E-state index is 12.6. The number of fused-ring (bicyclic) bond motifs is 1. The van der Waals surface area contributed by atoms with Crippen LogP contribution < -0.4 is 10.6 Å². The fourth-order valence-electron chi connectivity index (χ4n) is 3.26. The molecule has 0 saturated carbocycles. The second-order valence-corrected chi connectivity index (χ2v) is 8.60. The van der Waals surface area contributed by atoms with E-state index in [-0.39, 0.29) is 11.8 Å². The number of benzene rings is 2. The molecule has 0 aliphatic heterocycles. The highest BCUT2D eigenvalue weighted by Crippen LogP contribution is 2.24. The van der Waals surface area contributed by atoms with E-state index in [0.717, 1.165) is 5.39 Å². The Morgan fingerprint density at radius 3 is 2.56 bits per heavy atom. The number of carbonyl (C=O) groups is 3. The van der Waals surface area contributed by atoms with E-state index in [2.05, 4.69) is 10.6 Å². The number of anilines is 1. The number of para-hydroxylation sites is 1. The smallest absolute Gasteiger partial charge is 0.419 e. The first kappa shape index (κ1) is 24.7. The van der Waals surface area contributed by atoms with Crippen molar-refractivity contribution in [3.05, 3.63) is 71.9 Å². The van der Waals surface area contributed by atoms with E-state index >= 15 is 0 Å². The van der Waals surface area contributed by atoms with Crippen molar-refractivity contribution < 1.29 is 23.9 Å². The van der Waals surface area contributed by atoms with Gasteiger partial charge in [0, 0.05) is 48.1 Å². The van der Waals surface area contributed by atoms with E-state index in [4.69, 9.17) is 9.47 Å². The van der Waals surface area contributed by atoms with Gasteiger partial charge in [-0.05, 0) is 51.1 Å². The van der Waals surface area contributed by atoms with Crippen LogP contribution in [0.25, 0.3) is 17.0 Å². The zero-order chi connectivity index (χ0) is 24.7. The Hall–Kier alpha value is -3.91. The minimum absolute atomic E-state index is 0.251. The van der Waals surface area contributed by atoms with Gasteiger partial charge < -0.3 is 20.1 Å². The van der Waals surface area contributed by atoms with Gasteiger partial charge in [-0.2, -0.15) is 0 Å². The fraction of sp³-hybridized carbons (Fsp3) is 0.269. The van der Waals surface area contributed by atoms with Gasteiger partial charge in [0.05, 0.1) is 12.1 Å². The summed E-state index contributed by atoms with van der Waals surface area (Å²) >= 11 is 0. The summed E-state index contributed by atoms with van der Waals surface area (Å²) in [6, 6.07) is 14.1. The average molecular weight is 464 g/mol. The molecule has 0 unspecified atom stereocenters. The van der Waals surface area contributed by atoms with Gasteiger partial charge in [-0.1, -0.05) is 24.3 Å². The van der Waals surface area contributed by atoms with Crippen LogP contribution in [0.4, 0.5) is 10.5 Å². The van der Waals surface area contributed by atoms with Crippen molar-refractivity contribution in [3.63, 3.8) is 0 Å². The third kappa shape index (κ3) is 6.55. The van der Waals surface area contributed by atoms with Gasteiger partial charge in [-0.15, -0.1) is 0 Å². The standard InChI is InChI=1S/C26H29N3O5/c1-26(2,3)34-25(32)29-17-19(21-10-5-6-11-22(21)29)12-13-23(30)28-20-9-7-8-18(16-20)24(31)27-14-15-33-4/h5-13,16-17H,14-15H2,1-4H3,(H,27,31)(H,28,30)/b13-12+. The molecule has 0 aliphatic carbocycles. The van der Waals surface area contributed by atoms with Crippen LogP contribution in [-0.2, 0) is 14.3 Å². The molecule has 3 rings (SSSR count). The van der Waals surface area contributed by atoms with Gasteiger partial charge in [-0.3, -0.25) is 14.2 Å². The summed E-state index contributed by atoms with van der Waals surface area (Å²) < 4.78 is 11.9. The first-order valence-corrected chi connectivity index (χ1v) is 10.9. The highest BCUT2D eigenvalue weighted by Gasteiger charge is 2.20. The van der Waals surface area contributed by atoms with Crippen LogP contribution in [-0.4, -0.2) is 48.3 Å². The summed E-state index contributed by atoms with van der Waals surface area (Å²) in [5.74, 6) is -0.621. The molecular formula is C26H29N3O5. The maximum Gasteiger partial charge on any atom is 0.419 e. The summed E-state index contributed by atoms with van der Waals surface area (Å²) in [4.78, 5) is 37.4. The maximum absolute atomic E-state index is 12.6. The van der Waals surface area contributed by atoms with Gasteiger partial charge in [0.25, 0.3) is 5.91 Å². The van der Waals surface area contributed by atoms with Crippen molar-refractivity contribution in [1.82, 2.24) is 9.88 Å². The molecule has 0 aliphatic rings. The van der Waals surface area contributed by atoms with Gasteiger partial charge in [0.1, 0.15) is 5.60 Å². The van der Waals surface area contributed by atoms with Gasteiger partial charge in [-0.25, -0.2) is 4.79 Å². The van der Waals surface area contributed by atoms with E-state index in [1.165, 1.54) is 10.6 Å². The molecule has 2 aromatic carbocycles. The predicted molar refractivity (Wildman–Crippen MR) is 132 cm³/mol. The zero-order valence-corrected chi connectivity index (χ0v) is 19.8. The number of methoxy groups -OCH3 is 1. The van der Waals surface area contributed by atoms with E-state index in [0.29, 0.717) is 35.5 Å². The minimum Gasteiger partial charge on any atom is -0.443 e. The van der Waals surface area contributed by atoms with Gasteiger partial charge in [0.15, 0.2) is 0 Å². The molecule has 0 radical (unpaired) electrons. The Balaban J connectivity index is 1.74. The molecule has 178 valence electrons. The molecule has 34 heavy (non-hydrogen) atoms. The Morgan fingerprint density at radius 2 is 1.82 bits per heavy atom. The van der Waals surface area contributed by atoms with Crippen molar-refractivity contribution >= 4 is 40.6 Å². The molecular weight excluding hydrogens is 434 g/mol. The van der Waals surface area contributed by atoms with Crippen LogP contribution in [0.2, 0.25) is 0 Å². The lowest BCUT2D eigenvalue weighted by Crippen LogP contribution is -2.27. The number of ether oxygens (including phenoxy) is 2. The van der Waals surface area contributed by atoms with E-state index < -0.39 is 11.7 Å². The Bertz CT molecular complexity index is 1220. The third-order valence-corrected chi connectivity index (χ3v) is 4.73. The van der Waals surface area contributed by atoms with Crippen LogP contribution >= 0.6 is 0 Å². The predicted octanol–water partition coefficient (Wildman–Crippen LogP) is 4.45. The van der Waals surface area contributed by atoms with Crippen molar-refractivity contribution in [1.29, 1.82) is 0 Å². The summed E-state index contributed by atoms with van der Waals surface area (Å²) in [5.41, 5.74) is 1.67. The van der Waals surface area contributed by atoms with Crippen molar-refractivity contribution in [3.8, 4) is 0 Å². The van der Waals surface area contributed by atoms with Crippen LogP contribution in [0, 0.1) is 0 Å². The largest absolute Gasteiger partial charge is 0.443 e. The number of nitrogens with zero attached hydrogens (tertiary/aromatic N) is 1. The molecule has 3 aromatic rings. The monoisotopic (exact) mass is 463 g/mol. The molecule has 0 spiro atoms. The number of hydrogen-bond donors (Lipinski definition) is 2. The molecule has 0 saturated heterocycles. The lowest BCUT2D eigenvalue weighted by molar-refractivity contribution is -0.111. The number of carbonyl (C=O) groups excluding carboxylic acids is 3. The topological polar surface area (TPSA) is 98.7 Å². The van der Waals surface area contributed by atoms with Crippen LogP contribution in [0.1, 0.15) is 36.7 Å². The molecule has 2 amide bonds. The first-order valence-electron chi connectivity index (χ1n) is 10.9. The first-order chi connectivity index (χ1) is 16.2. The number of aromatic nitrogens is 1. The van der Waals surface area contributed by atoms with Crippen molar-refractivity contribution in [2.24, 2.45) is 0 Å². The summed E-state index contributed by atoms with van der Waals surface area (Å²) in [6.07, 6.45) is 4.17. The molecule has 0 bridgehead atoms. The second-order valence-electron chi connectivity index (χ2n) is 8.60. The number of amides is 2. The second kappa shape index (κ2) is 10.8. The van der Waals surface area contributed by atoms with Crippen LogP contribution in [0.15, 0.2) is 60.8 Å². The Kier molecular flexibility index (Phi) is 7.86. The molecule has 8 heteroatoms. The fourth-order valence-corrected chi connectivity index (χ4v) is 3.26. The quantitative estimate of drug-likeness (QED) is 0.398. The lowest BCUT2D eigenvalue weighted by Gasteiger charge is -2.19. The van der Waals surface area contributed by atoms with E-state index in [1.54, 1.807) is 64.4 Å². The normalized spacial score (nSPS) is 11.5. The highest BCUT2D eigenvalue weighted by atomic mass is 16.6. The highest BCUT2D eigenvalue weighted by molar-refractivity contribution is 6.05. The Labute approximate surface area is 198 Å². The average Bonchev–Trinajstić information content (AvgIpc) is 3.16. The number of rotatable bonds is 7. The van der Waals surface area contributed by atoms with Crippen LogP contribution in [0.3, 0.4) is 0 Å². The number of hydrogen-bond acceptors (Lipinski definition) is 5.